The first-order valence-electron chi connectivity index (χ1n) is 5.83. The quantitative estimate of drug-likeness (QED) is 0.940. The number of sulfonamides is 1. The van der Waals surface area contributed by atoms with Crippen LogP contribution in [0.2, 0.25) is 5.02 Å². The van der Waals surface area contributed by atoms with Crippen LogP contribution < -0.4 is 4.72 Å². The van der Waals surface area contributed by atoms with E-state index in [0.29, 0.717) is 10.6 Å². The average Bonchev–Trinajstić information content (AvgIpc) is 2.42. The summed E-state index contributed by atoms with van der Waals surface area (Å²) in [6.45, 7) is 1.70. The number of anilines is 1. The highest BCUT2D eigenvalue weighted by molar-refractivity contribution is 7.92. The van der Waals surface area contributed by atoms with Crippen LogP contribution in [0.15, 0.2) is 41.3 Å². The van der Waals surface area contributed by atoms with Crippen LogP contribution in [-0.4, -0.2) is 8.42 Å². The van der Waals surface area contributed by atoms with Gasteiger partial charge in [-0.15, -0.1) is 0 Å². The molecule has 0 amide bonds. The smallest absolute Gasteiger partial charge is 0.263 e. The Bertz CT molecular complexity index is 845. The monoisotopic (exact) mass is 324 g/mol. The molecule has 0 bridgehead atoms. The Morgan fingerprint density at radius 3 is 2.67 bits per heavy atom. The molecule has 0 heterocycles. The van der Waals surface area contributed by atoms with Gasteiger partial charge in [0.25, 0.3) is 10.0 Å². The topological polar surface area (TPSA) is 70.0 Å². The molecule has 2 aromatic rings. The number of hydrogen-bond acceptors (Lipinski definition) is 3. The zero-order chi connectivity index (χ0) is 15.6. The fourth-order valence-electron chi connectivity index (χ4n) is 1.74. The van der Waals surface area contributed by atoms with Crippen LogP contribution in [0.5, 0.6) is 0 Å². The van der Waals surface area contributed by atoms with Gasteiger partial charge in [0.2, 0.25) is 0 Å². The highest BCUT2D eigenvalue weighted by Crippen LogP contribution is 2.25. The van der Waals surface area contributed by atoms with Crippen LogP contribution in [0.1, 0.15) is 11.1 Å². The third-order valence-corrected chi connectivity index (χ3v) is 4.46. The van der Waals surface area contributed by atoms with Crippen LogP contribution in [-0.2, 0) is 10.0 Å². The zero-order valence-electron chi connectivity index (χ0n) is 10.9. The average molecular weight is 325 g/mol. The van der Waals surface area contributed by atoms with Crippen LogP contribution in [0, 0.1) is 24.1 Å². The second kappa shape index (κ2) is 5.72. The Morgan fingerprint density at radius 1 is 1.29 bits per heavy atom. The Hall–Kier alpha value is -2.10. The molecule has 0 aliphatic heterocycles. The molecule has 0 atom stereocenters. The van der Waals surface area contributed by atoms with E-state index in [9.17, 15) is 12.8 Å². The fraction of sp³-hybridized carbons (Fsp3) is 0.0714. The summed E-state index contributed by atoms with van der Waals surface area (Å²) in [6.07, 6.45) is 0. The van der Waals surface area contributed by atoms with Gasteiger partial charge in [-0.2, -0.15) is 5.26 Å². The maximum Gasteiger partial charge on any atom is 0.263 e. The SMILES string of the molecule is Cc1ccc(Cl)cc1NS(=O)(=O)c1cccc(F)c1C#N. The van der Waals surface area contributed by atoms with Gasteiger partial charge in [0.1, 0.15) is 22.3 Å². The number of aryl methyl sites for hydroxylation is 1. The van der Waals surface area contributed by atoms with Gasteiger partial charge < -0.3 is 0 Å². The van der Waals surface area contributed by atoms with Gasteiger partial charge in [0, 0.05) is 5.02 Å². The fourth-order valence-corrected chi connectivity index (χ4v) is 3.20. The largest absolute Gasteiger partial charge is 0.279 e. The number of hydrogen-bond donors (Lipinski definition) is 1. The van der Waals surface area contributed by atoms with Crippen LogP contribution >= 0.6 is 11.6 Å². The first-order valence-corrected chi connectivity index (χ1v) is 7.69. The van der Waals surface area contributed by atoms with Crippen molar-refractivity contribution < 1.29 is 12.8 Å². The van der Waals surface area contributed by atoms with E-state index in [1.165, 1.54) is 18.2 Å². The van der Waals surface area contributed by atoms with Crippen LogP contribution in [0.3, 0.4) is 0 Å². The summed E-state index contributed by atoms with van der Waals surface area (Å²) in [5.41, 5.74) is 0.401. The van der Waals surface area contributed by atoms with E-state index in [-0.39, 0.29) is 5.69 Å². The lowest BCUT2D eigenvalue weighted by molar-refractivity contribution is 0.593. The van der Waals surface area contributed by atoms with E-state index in [1.807, 2.05) is 0 Å². The summed E-state index contributed by atoms with van der Waals surface area (Å²) >= 11 is 5.83. The second-order valence-corrected chi connectivity index (χ2v) is 6.38. The van der Waals surface area contributed by atoms with Gasteiger partial charge in [-0.1, -0.05) is 23.7 Å². The van der Waals surface area contributed by atoms with Gasteiger partial charge in [-0.05, 0) is 36.8 Å². The maximum atomic E-state index is 13.5. The molecule has 108 valence electrons. The second-order valence-electron chi connectivity index (χ2n) is 4.29. The number of nitrogens with zero attached hydrogens (tertiary/aromatic N) is 1. The van der Waals surface area contributed by atoms with Gasteiger partial charge in [0.05, 0.1) is 5.69 Å². The molecular weight excluding hydrogens is 315 g/mol. The molecule has 7 heteroatoms. The van der Waals surface area contributed by atoms with E-state index in [1.54, 1.807) is 25.1 Å². The molecule has 0 spiro atoms. The van der Waals surface area contributed by atoms with E-state index >= 15 is 0 Å². The maximum absolute atomic E-state index is 13.5. The molecule has 4 nitrogen and oxygen atoms in total. The molecule has 1 N–H and O–H groups in total. The first kappa shape index (κ1) is 15.3. The van der Waals surface area contributed by atoms with Gasteiger partial charge in [0.15, 0.2) is 0 Å². The molecule has 2 rings (SSSR count). The van der Waals surface area contributed by atoms with E-state index in [4.69, 9.17) is 16.9 Å². The highest BCUT2D eigenvalue weighted by atomic mass is 35.5. The van der Waals surface area contributed by atoms with Crippen molar-refractivity contribution in [3.8, 4) is 6.07 Å². The highest BCUT2D eigenvalue weighted by Gasteiger charge is 2.22. The van der Waals surface area contributed by atoms with E-state index < -0.39 is 26.3 Å². The number of nitriles is 1. The molecule has 0 aliphatic rings. The third kappa shape index (κ3) is 3.15. The zero-order valence-corrected chi connectivity index (χ0v) is 12.5. The molecule has 0 saturated heterocycles. The number of halogens is 2. The standard InChI is InChI=1S/C14H10ClFN2O2S/c1-9-5-6-10(15)7-13(9)18-21(19,20)14-4-2-3-12(16)11(14)8-17/h2-7,18H,1H3. The molecule has 0 aromatic heterocycles. The van der Waals surface area contributed by atoms with Crippen molar-refractivity contribution in [3.05, 3.63) is 58.4 Å². The van der Waals surface area contributed by atoms with Crippen molar-refractivity contribution in [3.63, 3.8) is 0 Å². The molecule has 0 aliphatic carbocycles. The molecule has 0 unspecified atom stereocenters. The summed E-state index contributed by atoms with van der Waals surface area (Å²) in [5.74, 6) is -0.886. The normalized spacial score (nSPS) is 11.0. The van der Waals surface area contributed by atoms with Crippen molar-refractivity contribution in [1.82, 2.24) is 0 Å². The van der Waals surface area contributed by atoms with Crippen LogP contribution in [0.4, 0.5) is 10.1 Å². The molecule has 21 heavy (non-hydrogen) atoms. The van der Waals surface area contributed by atoms with Crippen molar-refractivity contribution in [2.45, 2.75) is 11.8 Å². The molecule has 0 saturated carbocycles. The number of benzene rings is 2. The number of rotatable bonds is 3. The lowest BCUT2D eigenvalue weighted by atomic mass is 10.2. The Labute approximate surface area is 126 Å². The predicted octanol–water partition coefficient (Wildman–Crippen LogP) is 3.46. The summed E-state index contributed by atoms with van der Waals surface area (Å²) < 4.78 is 40.5. The molecular formula is C14H10ClFN2O2S. The van der Waals surface area contributed by atoms with E-state index in [0.717, 1.165) is 6.07 Å². The van der Waals surface area contributed by atoms with Gasteiger partial charge in [-0.25, -0.2) is 12.8 Å². The molecule has 0 radical (unpaired) electrons. The summed E-state index contributed by atoms with van der Waals surface area (Å²) in [7, 11) is -4.09. The molecule has 2 aromatic carbocycles. The summed E-state index contributed by atoms with van der Waals surface area (Å²) in [5, 5.41) is 9.28. The van der Waals surface area contributed by atoms with Crippen molar-refractivity contribution in [2.24, 2.45) is 0 Å². The van der Waals surface area contributed by atoms with Gasteiger partial charge >= 0.3 is 0 Å². The lowest BCUT2D eigenvalue weighted by Crippen LogP contribution is -2.15. The van der Waals surface area contributed by atoms with E-state index in [2.05, 4.69) is 4.72 Å². The lowest BCUT2D eigenvalue weighted by Gasteiger charge is -2.12. The van der Waals surface area contributed by atoms with Crippen molar-refractivity contribution >= 4 is 27.3 Å². The Kier molecular flexibility index (Phi) is 4.16. The number of nitrogens with one attached hydrogen (secondary N) is 1. The first-order chi connectivity index (χ1) is 9.85. The Balaban J connectivity index is 2.52. The predicted molar refractivity (Wildman–Crippen MR) is 78.1 cm³/mol. The third-order valence-electron chi connectivity index (χ3n) is 2.82. The minimum Gasteiger partial charge on any atom is -0.279 e. The van der Waals surface area contributed by atoms with Crippen molar-refractivity contribution in [1.29, 1.82) is 5.26 Å². The van der Waals surface area contributed by atoms with Gasteiger partial charge in [-0.3, -0.25) is 4.72 Å². The Morgan fingerprint density at radius 2 is 2.00 bits per heavy atom. The minimum atomic E-state index is -4.09. The van der Waals surface area contributed by atoms with Crippen molar-refractivity contribution in [2.75, 3.05) is 4.72 Å². The molecule has 0 fully saturated rings. The summed E-state index contributed by atoms with van der Waals surface area (Å²) in [6, 6.07) is 9.71. The minimum absolute atomic E-state index is 0.274. The summed E-state index contributed by atoms with van der Waals surface area (Å²) in [4.78, 5) is -0.413. The van der Waals surface area contributed by atoms with Crippen LogP contribution in [0.25, 0.3) is 0 Å².